The van der Waals surface area contributed by atoms with Crippen molar-refractivity contribution in [2.75, 3.05) is 45.1 Å². The molecule has 0 aliphatic carbocycles. The summed E-state index contributed by atoms with van der Waals surface area (Å²) in [4.78, 5) is 39.2. The van der Waals surface area contributed by atoms with E-state index in [1.54, 1.807) is 6.92 Å². The van der Waals surface area contributed by atoms with Gasteiger partial charge in [0.2, 0.25) is 5.91 Å². The second kappa shape index (κ2) is 24.7. The molecule has 0 saturated heterocycles. The highest BCUT2D eigenvalue weighted by Gasteiger charge is 2.31. The minimum atomic E-state index is -1.68. The molecule has 0 radical (unpaired) electrons. The van der Waals surface area contributed by atoms with Crippen LogP contribution in [0.3, 0.4) is 0 Å². The van der Waals surface area contributed by atoms with Crippen LogP contribution in [0.1, 0.15) is 85.6 Å². The summed E-state index contributed by atoms with van der Waals surface area (Å²) in [5.41, 5.74) is 20.1. The highest BCUT2D eigenvalue weighted by molar-refractivity contribution is 6.30. The lowest BCUT2D eigenvalue weighted by Gasteiger charge is -2.30. The second-order valence-corrected chi connectivity index (χ2v) is 14.8. The average Bonchev–Trinajstić information content (AvgIpc) is 3.19. The molecule has 1 aromatic heterocycles. The number of nitrogens with zero attached hydrogens (tertiary/aromatic N) is 4. The molecule has 3 rings (SSSR count). The lowest BCUT2D eigenvalue weighted by molar-refractivity contribution is -0.120. The van der Waals surface area contributed by atoms with Gasteiger partial charge in [0.1, 0.15) is 18.3 Å². The number of anilines is 1. The minimum Gasteiger partial charge on any atom is -0.394 e. The number of benzene rings is 2. The van der Waals surface area contributed by atoms with Gasteiger partial charge in [-0.25, -0.2) is 9.97 Å². The third-order valence-corrected chi connectivity index (χ3v) is 10.3. The van der Waals surface area contributed by atoms with E-state index >= 15 is 0 Å². The van der Waals surface area contributed by atoms with E-state index in [2.05, 4.69) is 56.8 Å². The highest BCUT2D eigenvalue weighted by atomic mass is 35.5. The maximum absolute atomic E-state index is 12.5. The number of unbranched alkanes of at least 4 members (excludes halogenated alkanes) is 4. The number of rotatable bonds is 26. The molecule has 57 heavy (non-hydrogen) atoms. The summed E-state index contributed by atoms with van der Waals surface area (Å²) < 4.78 is 0. The van der Waals surface area contributed by atoms with Crippen LogP contribution >= 0.6 is 11.6 Å². The predicted octanol–water partition coefficient (Wildman–Crippen LogP) is 1.33. The predicted molar refractivity (Wildman–Crippen MR) is 223 cm³/mol. The van der Waals surface area contributed by atoms with Crippen molar-refractivity contribution in [1.82, 2.24) is 25.5 Å². The van der Waals surface area contributed by atoms with E-state index in [1.807, 2.05) is 17.0 Å². The monoisotopic (exact) mass is 815 g/mol. The Morgan fingerprint density at radius 2 is 1.53 bits per heavy atom. The topological polar surface area (TPSA) is 279 Å². The van der Waals surface area contributed by atoms with E-state index in [0.717, 1.165) is 61.3 Å². The third kappa shape index (κ3) is 15.4. The number of guanidine groups is 1. The summed E-state index contributed by atoms with van der Waals surface area (Å²) in [6.07, 6.45) is 2.01. The number of hydrogen-bond donors (Lipinski definition) is 10. The number of carbonyl (C=O) groups is 2. The van der Waals surface area contributed by atoms with E-state index in [9.17, 15) is 30.0 Å². The lowest BCUT2D eigenvalue weighted by Crippen LogP contribution is -2.50. The Labute approximate surface area is 339 Å². The number of primary amides is 1. The van der Waals surface area contributed by atoms with Crippen LogP contribution in [0, 0.1) is 6.92 Å². The number of aliphatic hydroxyl groups is 5. The van der Waals surface area contributed by atoms with Crippen LogP contribution in [0.4, 0.5) is 5.82 Å². The number of aryl methyl sites for hydroxylation is 3. The molecule has 0 bridgehead atoms. The van der Waals surface area contributed by atoms with Gasteiger partial charge in [0.25, 0.3) is 5.91 Å². The molecule has 13 N–H and O–H groups in total. The summed E-state index contributed by atoms with van der Waals surface area (Å²) in [5.74, 6) is -1.19. The largest absolute Gasteiger partial charge is 0.394 e. The van der Waals surface area contributed by atoms with Gasteiger partial charge in [0.05, 0.1) is 24.4 Å². The first-order valence-corrected chi connectivity index (χ1v) is 20.1. The van der Waals surface area contributed by atoms with Gasteiger partial charge in [-0.3, -0.25) is 19.9 Å². The Bertz CT molecular complexity index is 1750. The molecule has 16 nitrogen and oxygen atoms in total. The smallest absolute Gasteiger partial charge is 0.280 e. The first-order chi connectivity index (χ1) is 27.3. The quantitative estimate of drug-likeness (QED) is 0.0312. The van der Waals surface area contributed by atoms with E-state index in [4.69, 9.17) is 33.9 Å². The Morgan fingerprint density at radius 1 is 0.877 bits per heavy atom. The number of nitrogens with one attached hydrogen (secondary N) is 2. The van der Waals surface area contributed by atoms with Crippen LogP contribution in [-0.2, 0) is 17.6 Å². The van der Waals surface area contributed by atoms with Crippen molar-refractivity contribution in [2.24, 2.45) is 16.5 Å². The van der Waals surface area contributed by atoms with Crippen LogP contribution in [0.15, 0.2) is 41.4 Å². The number of hydrogen-bond acceptors (Lipinski definition) is 13. The van der Waals surface area contributed by atoms with Crippen LogP contribution in [-0.4, -0.2) is 128 Å². The number of nitrogens with two attached hydrogens (primary N) is 3. The normalized spacial score (nSPS) is 14.7. The molecule has 3 aromatic rings. The summed E-state index contributed by atoms with van der Waals surface area (Å²) in [6, 6.07) is 11.8. The first kappa shape index (κ1) is 47.4. The standard InChI is InChI=1S/C40H62ClN9O7/c1-3-4-5-10-21-50(23-31(52)34(54)35(55)32(53)24-51)22-11-20-45-30(38(43)56)18-17-27-16-15-26(28-13-6-7-14-29(27)28)12-8-9-19-46-40(44)49-39(57)33-37(42)47-25(2)36(41)48-33/h6-7,13-16,30-32,34-35,45,51-55H,3-5,8-12,17-24H2,1-2H3,(H2,42,47)(H2,43,56)(H3,44,46,49,57)/t30-,31?,32?,34?,35?/m1/s1. The number of halogens is 1. The van der Waals surface area contributed by atoms with Crippen molar-refractivity contribution in [3.63, 3.8) is 0 Å². The molecular formula is C40H62ClN9O7. The zero-order chi connectivity index (χ0) is 41.9. The van der Waals surface area contributed by atoms with Crippen molar-refractivity contribution in [1.29, 1.82) is 0 Å². The zero-order valence-electron chi connectivity index (χ0n) is 33.1. The maximum atomic E-state index is 12.5. The molecule has 0 aliphatic rings. The van der Waals surface area contributed by atoms with Crippen molar-refractivity contribution in [2.45, 2.75) is 109 Å². The van der Waals surface area contributed by atoms with Gasteiger partial charge in [-0.2, -0.15) is 0 Å². The van der Waals surface area contributed by atoms with Gasteiger partial charge in [-0.15, -0.1) is 0 Å². The fraction of sp³-hybridized carbons (Fsp3) is 0.575. The molecule has 0 spiro atoms. The summed E-state index contributed by atoms with van der Waals surface area (Å²) >= 11 is 5.98. The molecule has 0 saturated carbocycles. The number of aliphatic hydroxyl groups excluding tert-OH is 5. The van der Waals surface area contributed by atoms with Gasteiger partial charge in [0.15, 0.2) is 22.6 Å². The van der Waals surface area contributed by atoms with Gasteiger partial charge in [-0.05, 0) is 93.4 Å². The fourth-order valence-electron chi connectivity index (χ4n) is 6.60. The molecule has 2 aromatic carbocycles. The van der Waals surface area contributed by atoms with Crippen LogP contribution in [0.5, 0.6) is 0 Å². The van der Waals surface area contributed by atoms with E-state index in [-0.39, 0.29) is 29.2 Å². The molecule has 2 amide bonds. The fourth-order valence-corrected chi connectivity index (χ4v) is 6.73. The van der Waals surface area contributed by atoms with Crippen LogP contribution in [0.2, 0.25) is 5.15 Å². The first-order valence-electron chi connectivity index (χ1n) is 19.8. The van der Waals surface area contributed by atoms with Crippen LogP contribution < -0.4 is 27.8 Å². The third-order valence-electron chi connectivity index (χ3n) is 9.92. The number of fused-ring (bicyclic) bond motifs is 1. The van der Waals surface area contributed by atoms with Gasteiger partial charge in [0, 0.05) is 13.1 Å². The van der Waals surface area contributed by atoms with Crippen molar-refractivity contribution >= 4 is 46.0 Å². The number of aliphatic imine (C=N–C) groups is 1. The molecule has 17 heteroatoms. The maximum Gasteiger partial charge on any atom is 0.280 e. The van der Waals surface area contributed by atoms with Gasteiger partial charge in [-0.1, -0.05) is 74.2 Å². The van der Waals surface area contributed by atoms with E-state index < -0.39 is 48.9 Å². The van der Waals surface area contributed by atoms with Gasteiger partial charge < -0.3 is 53.0 Å². The zero-order valence-corrected chi connectivity index (χ0v) is 33.9. The van der Waals surface area contributed by atoms with Crippen molar-refractivity contribution < 1.29 is 35.1 Å². The number of amides is 2. The lowest BCUT2D eigenvalue weighted by atomic mass is 9.93. The van der Waals surface area contributed by atoms with Crippen molar-refractivity contribution in [3.05, 3.63) is 64.1 Å². The SMILES string of the molecule is CCCCCCN(CCCN[C@H](CCc1ccc(CCCCN=C(N)NC(=O)c2nc(Cl)c(C)nc2N)c2ccccc12)C(N)=O)CC(O)C(O)C(O)C(O)CO. The summed E-state index contributed by atoms with van der Waals surface area (Å²) in [7, 11) is 0. The van der Waals surface area contributed by atoms with Crippen molar-refractivity contribution in [3.8, 4) is 0 Å². The molecule has 0 fully saturated rings. The molecule has 316 valence electrons. The second-order valence-electron chi connectivity index (χ2n) is 14.4. The highest BCUT2D eigenvalue weighted by Crippen LogP contribution is 2.26. The molecule has 4 unspecified atom stereocenters. The minimum absolute atomic E-state index is 0.0526. The Balaban J connectivity index is 1.51. The van der Waals surface area contributed by atoms with E-state index in [0.29, 0.717) is 51.1 Å². The van der Waals surface area contributed by atoms with E-state index in [1.165, 1.54) is 5.56 Å². The Morgan fingerprint density at radius 3 is 2.18 bits per heavy atom. The Kier molecular flexibility index (Phi) is 20.5. The molecular weight excluding hydrogens is 754 g/mol. The Hall–Kier alpha value is -4.00. The van der Waals surface area contributed by atoms with Gasteiger partial charge >= 0.3 is 0 Å². The number of nitrogen functional groups attached to an aromatic ring is 1. The molecule has 1 heterocycles. The summed E-state index contributed by atoms with van der Waals surface area (Å²) in [6.45, 7) is 5.22. The number of aromatic nitrogens is 2. The molecule has 0 aliphatic heterocycles. The summed E-state index contributed by atoms with van der Waals surface area (Å²) in [5, 5.41) is 57.9. The number of carbonyl (C=O) groups excluding carboxylic acids is 2. The molecule has 5 atom stereocenters. The van der Waals surface area contributed by atoms with Crippen LogP contribution in [0.25, 0.3) is 10.8 Å². The average molecular weight is 816 g/mol.